The summed E-state index contributed by atoms with van der Waals surface area (Å²) in [5.74, 6) is 2.48. The normalized spacial score (nSPS) is 17.2. The molecule has 26 heavy (non-hydrogen) atoms. The summed E-state index contributed by atoms with van der Waals surface area (Å²) < 4.78 is 0. The number of rotatable bonds is 5. The maximum atomic E-state index is 4.55. The Morgan fingerprint density at radius 2 is 2.15 bits per heavy atom. The Labute approximate surface area is 160 Å². The van der Waals surface area contributed by atoms with Crippen LogP contribution in [-0.2, 0) is 0 Å². The monoisotopic (exact) mass is 371 g/mol. The fraction of sp³-hybridized carbons (Fsp3) is 0.500. The number of hydrogen-bond acceptors (Lipinski definition) is 4. The topological polar surface area (TPSA) is 52.6 Å². The van der Waals surface area contributed by atoms with E-state index in [2.05, 4.69) is 69.0 Å². The molecule has 1 aliphatic heterocycles. The van der Waals surface area contributed by atoms with Gasteiger partial charge in [-0.15, -0.1) is 11.3 Å². The zero-order valence-corrected chi connectivity index (χ0v) is 16.7. The highest BCUT2D eigenvalue weighted by molar-refractivity contribution is 7.10. The average Bonchev–Trinajstić information content (AvgIpc) is 3.21. The van der Waals surface area contributed by atoms with Gasteiger partial charge in [0.25, 0.3) is 0 Å². The van der Waals surface area contributed by atoms with Gasteiger partial charge < -0.3 is 15.5 Å². The van der Waals surface area contributed by atoms with E-state index in [1.54, 1.807) is 0 Å². The van der Waals surface area contributed by atoms with Crippen LogP contribution in [-0.4, -0.2) is 43.7 Å². The summed E-state index contributed by atoms with van der Waals surface area (Å²) in [6.07, 6.45) is 4.13. The molecule has 0 aliphatic carbocycles. The molecule has 1 fully saturated rings. The molecule has 3 heterocycles. The number of nitrogens with one attached hydrogen (secondary N) is 2. The molecule has 0 aromatic carbocycles. The molecule has 2 N–H and O–H groups in total. The third-order valence-electron chi connectivity index (χ3n) is 4.88. The van der Waals surface area contributed by atoms with Crippen LogP contribution < -0.4 is 15.5 Å². The van der Waals surface area contributed by atoms with Crippen molar-refractivity contribution >= 4 is 23.1 Å². The lowest BCUT2D eigenvalue weighted by Crippen LogP contribution is -2.49. The summed E-state index contributed by atoms with van der Waals surface area (Å²) in [6, 6.07) is 9.02. The summed E-state index contributed by atoms with van der Waals surface area (Å²) >= 11 is 1.81. The molecule has 5 nitrogen and oxygen atoms in total. The number of aliphatic imine (C=N–C) groups is 1. The number of aryl methyl sites for hydroxylation is 1. The van der Waals surface area contributed by atoms with Crippen molar-refractivity contribution in [2.45, 2.75) is 38.6 Å². The quantitative estimate of drug-likeness (QED) is 0.625. The highest BCUT2D eigenvalue weighted by atomic mass is 32.1. The average molecular weight is 372 g/mol. The second-order valence-electron chi connectivity index (χ2n) is 6.97. The third-order valence-corrected chi connectivity index (χ3v) is 5.99. The Hall–Kier alpha value is -2.08. The van der Waals surface area contributed by atoms with Crippen molar-refractivity contribution in [1.29, 1.82) is 0 Å². The van der Waals surface area contributed by atoms with Crippen molar-refractivity contribution in [2.75, 3.05) is 31.6 Å². The first-order valence-corrected chi connectivity index (χ1v) is 10.2. The maximum absolute atomic E-state index is 4.55. The number of hydrogen-bond donors (Lipinski definition) is 2. The Morgan fingerprint density at radius 3 is 2.77 bits per heavy atom. The molecular formula is C20H29N5S. The van der Waals surface area contributed by atoms with Crippen LogP contribution in [0, 0.1) is 6.92 Å². The Balaban J connectivity index is 1.44. The van der Waals surface area contributed by atoms with Crippen LogP contribution >= 0.6 is 11.3 Å². The van der Waals surface area contributed by atoms with Crippen LogP contribution in [0.25, 0.3) is 0 Å². The van der Waals surface area contributed by atoms with E-state index in [9.17, 15) is 0 Å². The number of thiophene rings is 1. The Morgan fingerprint density at radius 1 is 1.35 bits per heavy atom. The number of nitrogens with zero attached hydrogens (tertiary/aromatic N) is 3. The molecule has 140 valence electrons. The van der Waals surface area contributed by atoms with Gasteiger partial charge in [0.15, 0.2) is 5.96 Å². The second kappa shape index (κ2) is 9.03. The van der Waals surface area contributed by atoms with E-state index >= 15 is 0 Å². The summed E-state index contributed by atoms with van der Waals surface area (Å²) in [6.45, 7) is 7.27. The van der Waals surface area contributed by atoms with Gasteiger partial charge in [0.1, 0.15) is 5.82 Å². The predicted octanol–water partition coefficient (Wildman–Crippen LogP) is 3.39. The van der Waals surface area contributed by atoms with Crippen LogP contribution in [0.15, 0.2) is 40.8 Å². The molecule has 0 bridgehead atoms. The summed E-state index contributed by atoms with van der Waals surface area (Å²) in [5.41, 5.74) is 1.21. The van der Waals surface area contributed by atoms with Gasteiger partial charge in [-0.05, 0) is 42.8 Å². The molecule has 1 saturated heterocycles. The van der Waals surface area contributed by atoms with Gasteiger partial charge in [-0.25, -0.2) is 4.98 Å². The van der Waals surface area contributed by atoms with Gasteiger partial charge in [-0.3, -0.25) is 4.99 Å². The fourth-order valence-corrected chi connectivity index (χ4v) is 4.00. The summed E-state index contributed by atoms with van der Waals surface area (Å²) in [7, 11) is 1.84. The van der Waals surface area contributed by atoms with Gasteiger partial charge in [-0.1, -0.05) is 19.1 Å². The molecule has 0 amide bonds. The van der Waals surface area contributed by atoms with Crippen LogP contribution in [0.5, 0.6) is 0 Å². The minimum Gasteiger partial charge on any atom is -0.356 e. The summed E-state index contributed by atoms with van der Waals surface area (Å²) in [4.78, 5) is 12.7. The number of anilines is 1. The maximum Gasteiger partial charge on any atom is 0.191 e. The van der Waals surface area contributed by atoms with Crippen LogP contribution in [0.3, 0.4) is 0 Å². The highest BCUT2D eigenvalue weighted by Crippen LogP contribution is 2.20. The standard InChI is InChI=1S/C20H29N5S/c1-15-6-7-19(22-13-15)25-10-8-17(9-11-25)24-20(21-3)23-14-16(2)18-5-4-12-26-18/h4-7,12-13,16-17H,8-11,14H2,1-3H3,(H2,21,23,24). The summed E-state index contributed by atoms with van der Waals surface area (Å²) in [5, 5.41) is 9.19. The number of pyridine rings is 1. The van der Waals surface area contributed by atoms with Crippen LogP contribution in [0.1, 0.15) is 36.1 Å². The first-order chi connectivity index (χ1) is 12.7. The van der Waals surface area contributed by atoms with E-state index in [1.165, 1.54) is 10.4 Å². The van der Waals surface area contributed by atoms with Crippen LogP contribution in [0.4, 0.5) is 5.82 Å². The van der Waals surface area contributed by atoms with E-state index in [1.807, 2.05) is 24.6 Å². The van der Waals surface area contributed by atoms with Gasteiger partial charge in [0.05, 0.1) is 0 Å². The fourth-order valence-electron chi connectivity index (χ4n) is 3.21. The van der Waals surface area contributed by atoms with E-state index in [4.69, 9.17) is 0 Å². The lowest BCUT2D eigenvalue weighted by molar-refractivity contribution is 0.459. The molecule has 0 saturated carbocycles. The Kier molecular flexibility index (Phi) is 6.50. The lowest BCUT2D eigenvalue weighted by Gasteiger charge is -2.34. The number of aromatic nitrogens is 1. The van der Waals surface area contributed by atoms with Gasteiger partial charge >= 0.3 is 0 Å². The number of piperidine rings is 1. The minimum absolute atomic E-state index is 0.458. The zero-order chi connectivity index (χ0) is 18.4. The predicted molar refractivity (Wildman–Crippen MR) is 111 cm³/mol. The van der Waals surface area contributed by atoms with Gasteiger partial charge in [0, 0.05) is 49.7 Å². The molecule has 1 unspecified atom stereocenters. The molecule has 0 radical (unpaired) electrons. The number of guanidine groups is 1. The molecule has 1 aliphatic rings. The molecule has 2 aromatic rings. The largest absolute Gasteiger partial charge is 0.356 e. The van der Waals surface area contributed by atoms with Gasteiger partial charge in [-0.2, -0.15) is 0 Å². The minimum atomic E-state index is 0.458. The molecule has 3 rings (SSSR count). The second-order valence-corrected chi connectivity index (χ2v) is 7.95. The van der Waals surface area contributed by atoms with Crippen molar-refractivity contribution in [3.63, 3.8) is 0 Å². The van der Waals surface area contributed by atoms with Crippen molar-refractivity contribution in [3.05, 3.63) is 46.3 Å². The Bertz CT molecular complexity index is 688. The molecule has 6 heteroatoms. The smallest absolute Gasteiger partial charge is 0.191 e. The molecule has 1 atom stereocenters. The lowest BCUT2D eigenvalue weighted by atomic mass is 10.1. The molecule has 2 aromatic heterocycles. The SMILES string of the molecule is CN=C(NCC(C)c1cccs1)NC1CCN(c2ccc(C)cn2)CC1. The molecular weight excluding hydrogens is 342 g/mol. The van der Waals surface area contributed by atoms with E-state index in [0.717, 1.165) is 44.3 Å². The zero-order valence-electron chi connectivity index (χ0n) is 15.9. The highest BCUT2D eigenvalue weighted by Gasteiger charge is 2.21. The van der Waals surface area contributed by atoms with E-state index in [0.29, 0.717) is 12.0 Å². The van der Waals surface area contributed by atoms with Gasteiger partial charge in [0.2, 0.25) is 0 Å². The first-order valence-electron chi connectivity index (χ1n) is 9.34. The molecule has 0 spiro atoms. The van der Waals surface area contributed by atoms with Crippen molar-refractivity contribution in [3.8, 4) is 0 Å². The van der Waals surface area contributed by atoms with Crippen molar-refractivity contribution < 1.29 is 0 Å². The first kappa shape index (κ1) is 18.7. The van der Waals surface area contributed by atoms with E-state index in [-0.39, 0.29) is 0 Å². The van der Waals surface area contributed by atoms with E-state index < -0.39 is 0 Å². The van der Waals surface area contributed by atoms with Crippen molar-refractivity contribution in [2.24, 2.45) is 4.99 Å². The van der Waals surface area contributed by atoms with Crippen molar-refractivity contribution in [1.82, 2.24) is 15.6 Å². The van der Waals surface area contributed by atoms with Crippen LogP contribution in [0.2, 0.25) is 0 Å². The third kappa shape index (κ3) is 4.97.